The van der Waals surface area contributed by atoms with Gasteiger partial charge >= 0.3 is 0 Å². The number of ether oxygens (including phenoxy) is 1. The van der Waals surface area contributed by atoms with Crippen molar-refractivity contribution in [3.63, 3.8) is 0 Å². The van der Waals surface area contributed by atoms with Gasteiger partial charge in [0, 0.05) is 43.4 Å². The number of nitrogens with zero attached hydrogens (tertiary/aromatic N) is 1. The standard InChI is InChI=1S/C21H25N3O3/c1-14-19(18-9-10-22-11-16(18)12-23-14)13-24-21(26)8-7-20(25)15-3-5-17(27-2)6-4-15/h3-6,12,22H,7-11,13H2,1-2H3,(H,24,26). The maximum Gasteiger partial charge on any atom is 0.220 e. The van der Waals surface area contributed by atoms with E-state index in [1.54, 1.807) is 31.4 Å². The second-order valence-electron chi connectivity index (χ2n) is 6.68. The molecule has 0 unspecified atom stereocenters. The van der Waals surface area contributed by atoms with Crippen LogP contribution < -0.4 is 15.4 Å². The first-order chi connectivity index (χ1) is 13.1. The molecular formula is C21H25N3O3. The Morgan fingerprint density at radius 2 is 2.00 bits per heavy atom. The van der Waals surface area contributed by atoms with Crippen LogP contribution in [0.3, 0.4) is 0 Å². The highest BCUT2D eigenvalue weighted by Gasteiger charge is 2.16. The highest BCUT2D eigenvalue weighted by Crippen LogP contribution is 2.20. The van der Waals surface area contributed by atoms with Gasteiger partial charge in [0.05, 0.1) is 7.11 Å². The first-order valence-electron chi connectivity index (χ1n) is 9.19. The van der Waals surface area contributed by atoms with Gasteiger partial charge in [-0.3, -0.25) is 14.6 Å². The van der Waals surface area contributed by atoms with Crippen LogP contribution in [0.2, 0.25) is 0 Å². The van der Waals surface area contributed by atoms with Crippen LogP contribution >= 0.6 is 0 Å². The van der Waals surface area contributed by atoms with Crippen LogP contribution in [0.4, 0.5) is 0 Å². The zero-order chi connectivity index (χ0) is 19.2. The van der Waals surface area contributed by atoms with E-state index in [1.165, 1.54) is 11.1 Å². The molecule has 0 bridgehead atoms. The summed E-state index contributed by atoms with van der Waals surface area (Å²) in [5.41, 5.74) is 5.13. The van der Waals surface area contributed by atoms with Crippen molar-refractivity contribution in [2.75, 3.05) is 13.7 Å². The molecule has 2 aromatic rings. The molecule has 0 saturated carbocycles. The molecule has 0 aliphatic carbocycles. The molecule has 3 rings (SSSR count). The summed E-state index contributed by atoms with van der Waals surface area (Å²) in [5.74, 6) is 0.534. The van der Waals surface area contributed by atoms with Gasteiger partial charge in [-0.2, -0.15) is 0 Å². The summed E-state index contributed by atoms with van der Waals surface area (Å²) in [5, 5.41) is 6.28. The second-order valence-corrected chi connectivity index (χ2v) is 6.68. The number of hydrogen-bond acceptors (Lipinski definition) is 5. The maximum absolute atomic E-state index is 12.2. The fraction of sp³-hybridized carbons (Fsp3) is 0.381. The first kappa shape index (κ1) is 19.0. The van der Waals surface area contributed by atoms with E-state index >= 15 is 0 Å². The Bertz CT molecular complexity index is 831. The molecule has 2 heterocycles. The Kier molecular flexibility index (Phi) is 6.19. The van der Waals surface area contributed by atoms with Crippen molar-refractivity contribution in [3.05, 3.63) is 58.4 Å². The molecule has 6 nitrogen and oxygen atoms in total. The highest BCUT2D eigenvalue weighted by atomic mass is 16.5. The predicted octanol–water partition coefficient (Wildman–Crippen LogP) is 2.32. The SMILES string of the molecule is COc1ccc(C(=O)CCC(=O)NCc2c(C)ncc3c2CCNC3)cc1. The number of fused-ring (bicyclic) bond motifs is 1. The Balaban J connectivity index is 1.53. The molecule has 0 atom stereocenters. The van der Waals surface area contributed by atoms with Crippen LogP contribution in [0.1, 0.15) is 45.6 Å². The molecule has 1 aliphatic heterocycles. The Labute approximate surface area is 159 Å². The lowest BCUT2D eigenvalue weighted by Crippen LogP contribution is -2.29. The molecule has 6 heteroatoms. The number of rotatable bonds is 7. The van der Waals surface area contributed by atoms with Crippen molar-refractivity contribution in [3.8, 4) is 5.75 Å². The first-order valence-corrected chi connectivity index (χ1v) is 9.19. The number of aryl methyl sites for hydroxylation is 1. The predicted molar refractivity (Wildman–Crippen MR) is 103 cm³/mol. The quantitative estimate of drug-likeness (QED) is 0.734. The van der Waals surface area contributed by atoms with E-state index in [2.05, 4.69) is 15.6 Å². The zero-order valence-electron chi connectivity index (χ0n) is 15.8. The fourth-order valence-corrected chi connectivity index (χ4v) is 3.30. The summed E-state index contributed by atoms with van der Waals surface area (Å²) in [6, 6.07) is 6.93. The number of pyridine rings is 1. The monoisotopic (exact) mass is 367 g/mol. The summed E-state index contributed by atoms with van der Waals surface area (Å²) in [4.78, 5) is 28.9. The number of carbonyl (C=O) groups excluding carboxylic acids is 2. The molecule has 0 saturated heterocycles. The molecule has 1 amide bonds. The molecule has 142 valence electrons. The van der Waals surface area contributed by atoms with E-state index in [-0.39, 0.29) is 24.5 Å². The molecular weight excluding hydrogens is 342 g/mol. The lowest BCUT2D eigenvalue weighted by Gasteiger charge is -2.21. The van der Waals surface area contributed by atoms with Crippen molar-refractivity contribution in [1.29, 1.82) is 0 Å². The van der Waals surface area contributed by atoms with Crippen molar-refractivity contribution >= 4 is 11.7 Å². The number of nitrogens with one attached hydrogen (secondary N) is 2. The van der Waals surface area contributed by atoms with Gasteiger partial charge < -0.3 is 15.4 Å². The average Bonchev–Trinajstić information content (AvgIpc) is 2.71. The number of aromatic nitrogens is 1. The molecule has 0 fully saturated rings. The van der Waals surface area contributed by atoms with E-state index in [0.29, 0.717) is 17.9 Å². The highest BCUT2D eigenvalue weighted by molar-refractivity contribution is 5.98. The van der Waals surface area contributed by atoms with Crippen molar-refractivity contribution in [2.45, 2.75) is 39.3 Å². The van der Waals surface area contributed by atoms with Gasteiger partial charge in [0.1, 0.15) is 5.75 Å². The van der Waals surface area contributed by atoms with E-state index in [4.69, 9.17) is 4.74 Å². The smallest absolute Gasteiger partial charge is 0.220 e. The zero-order valence-corrected chi connectivity index (χ0v) is 15.8. The summed E-state index contributed by atoms with van der Waals surface area (Å²) in [6.07, 6.45) is 3.22. The number of methoxy groups -OCH3 is 1. The molecule has 0 radical (unpaired) electrons. The van der Waals surface area contributed by atoms with Crippen molar-refractivity contribution in [1.82, 2.24) is 15.6 Å². The van der Waals surface area contributed by atoms with Gasteiger partial charge in [0.2, 0.25) is 5.91 Å². The normalized spacial score (nSPS) is 13.0. The van der Waals surface area contributed by atoms with E-state index in [9.17, 15) is 9.59 Å². The lowest BCUT2D eigenvalue weighted by atomic mass is 9.96. The number of hydrogen-bond donors (Lipinski definition) is 2. The fourth-order valence-electron chi connectivity index (χ4n) is 3.30. The third-order valence-corrected chi connectivity index (χ3v) is 4.92. The van der Waals surface area contributed by atoms with E-state index in [1.807, 2.05) is 13.1 Å². The molecule has 1 aromatic carbocycles. The van der Waals surface area contributed by atoms with E-state index < -0.39 is 0 Å². The second kappa shape index (κ2) is 8.77. The Morgan fingerprint density at radius 1 is 1.22 bits per heavy atom. The van der Waals surface area contributed by atoms with Gasteiger partial charge in [0.25, 0.3) is 0 Å². The number of ketones is 1. The molecule has 27 heavy (non-hydrogen) atoms. The summed E-state index contributed by atoms with van der Waals surface area (Å²) in [7, 11) is 1.58. The minimum atomic E-state index is -0.122. The van der Waals surface area contributed by atoms with Crippen LogP contribution in [0, 0.1) is 6.92 Å². The topological polar surface area (TPSA) is 80.3 Å². The minimum absolute atomic E-state index is 0.0474. The molecule has 2 N–H and O–H groups in total. The largest absolute Gasteiger partial charge is 0.497 e. The van der Waals surface area contributed by atoms with Crippen molar-refractivity contribution < 1.29 is 14.3 Å². The van der Waals surface area contributed by atoms with Gasteiger partial charge in [-0.15, -0.1) is 0 Å². The van der Waals surface area contributed by atoms with Crippen LogP contribution in [0.15, 0.2) is 30.5 Å². The van der Waals surface area contributed by atoms with Crippen LogP contribution in [-0.2, 0) is 24.3 Å². The number of amides is 1. The van der Waals surface area contributed by atoms with Crippen molar-refractivity contribution in [2.24, 2.45) is 0 Å². The molecule has 1 aliphatic rings. The van der Waals surface area contributed by atoms with Crippen LogP contribution in [0.5, 0.6) is 5.75 Å². The number of Topliss-reactive ketones (excluding diaryl/α,β-unsaturated/α-hetero) is 1. The lowest BCUT2D eigenvalue weighted by molar-refractivity contribution is -0.121. The average molecular weight is 367 g/mol. The number of carbonyl (C=O) groups is 2. The van der Waals surface area contributed by atoms with Gasteiger partial charge in [-0.25, -0.2) is 0 Å². The summed E-state index contributed by atoms with van der Waals surface area (Å²) in [6.45, 7) is 4.18. The van der Waals surface area contributed by atoms with Gasteiger partial charge in [-0.1, -0.05) is 0 Å². The Morgan fingerprint density at radius 3 is 2.74 bits per heavy atom. The minimum Gasteiger partial charge on any atom is -0.497 e. The summed E-state index contributed by atoms with van der Waals surface area (Å²) >= 11 is 0. The van der Waals surface area contributed by atoms with Gasteiger partial charge in [0.15, 0.2) is 5.78 Å². The molecule has 1 aromatic heterocycles. The summed E-state index contributed by atoms with van der Waals surface area (Å²) < 4.78 is 5.09. The van der Waals surface area contributed by atoms with Gasteiger partial charge in [-0.05, 0) is 60.8 Å². The number of benzene rings is 1. The molecule has 0 spiro atoms. The van der Waals surface area contributed by atoms with E-state index in [0.717, 1.165) is 30.8 Å². The van der Waals surface area contributed by atoms with Crippen LogP contribution in [-0.4, -0.2) is 30.3 Å². The third-order valence-electron chi connectivity index (χ3n) is 4.92. The Hall–Kier alpha value is -2.73. The van der Waals surface area contributed by atoms with Crippen LogP contribution in [0.25, 0.3) is 0 Å². The maximum atomic E-state index is 12.2. The third kappa shape index (κ3) is 4.71.